The minimum Gasteiger partial charge on any atom is -0.462 e. The zero-order chi connectivity index (χ0) is 16.9. The van der Waals surface area contributed by atoms with Crippen LogP contribution in [0.15, 0.2) is 53.4 Å². The highest BCUT2D eigenvalue weighted by atomic mass is 32.2. The highest BCUT2D eigenvalue weighted by molar-refractivity contribution is 7.91. The number of carbonyl (C=O) groups is 1. The van der Waals surface area contributed by atoms with E-state index in [1.807, 2.05) is 26.0 Å². The Morgan fingerprint density at radius 2 is 1.74 bits per heavy atom. The maximum atomic E-state index is 12.1. The van der Waals surface area contributed by atoms with Gasteiger partial charge in [-0.2, -0.15) is 0 Å². The summed E-state index contributed by atoms with van der Waals surface area (Å²) < 4.78 is 29.4. The summed E-state index contributed by atoms with van der Waals surface area (Å²) in [5.41, 5.74) is 2.35. The van der Waals surface area contributed by atoms with Gasteiger partial charge in [-0.1, -0.05) is 35.9 Å². The van der Waals surface area contributed by atoms with Crippen LogP contribution in [0.5, 0.6) is 0 Å². The number of carbonyl (C=O) groups excluding carboxylic acids is 1. The Kier molecular flexibility index (Phi) is 5.55. The molecule has 0 atom stereocenters. The number of benzene rings is 2. The molecule has 0 bridgehead atoms. The Bertz CT molecular complexity index is 780. The molecular formula is C18H20O4S. The van der Waals surface area contributed by atoms with Crippen molar-refractivity contribution in [2.75, 3.05) is 12.4 Å². The zero-order valence-corrected chi connectivity index (χ0v) is 14.1. The maximum absolute atomic E-state index is 12.1. The molecule has 0 fully saturated rings. The van der Waals surface area contributed by atoms with E-state index in [9.17, 15) is 13.2 Å². The molecule has 0 aliphatic heterocycles. The first-order valence-electron chi connectivity index (χ1n) is 7.42. The predicted octanol–water partition coefficient (Wildman–Crippen LogP) is 3.32. The van der Waals surface area contributed by atoms with Crippen molar-refractivity contribution in [2.45, 2.75) is 25.2 Å². The van der Waals surface area contributed by atoms with E-state index in [0.29, 0.717) is 10.5 Å². The third-order valence-electron chi connectivity index (χ3n) is 3.51. The lowest BCUT2D eigenvalue weighted by Crippen LogP contribution is -2.13. The van der Waals surface area contributed by atoms with Gasteiger partial charge in [-0.25, -0.2) is 13.2 Å². The highest BCUT2D eigenvalue weighted by Gasteiger charge is 2.15. The fraction of sp³-hybridized carbons (Fsp3) is 0.278. The van der Waals surface area contributed by atoms with Crippen LogP contribution in [0.3, 0.4) is 0 Å². The summed E-state index contributed by atoms with van der Waals surface area (Å²) in [6.07, 6.45) is 0.272. The van der Waals surface area contributed by atoms with Crippen LogP contribution in [0.2, 0.25) is 0 Å². The Hall–Kier alpha value is -2.14. The van der Waals surface area contributed by atoms with Crippen molar-refractivity contribution in [3.63, 3.8) is 0 Å². The van der Waals surface area contributed by atoms with Crippen molar-refractivity contribution in [1.29, 1.82) is 0 Å². The molecule has 0 heterocycles. The molecule has 0 N–H and O–H groups in total. The van der Waals surface area contributed by atoms with Crippen LogP contribution >= 0.6 is 0 Å². The van der Waals surface area contributed by atoms with Crippen LogP contribution in [-0.2, 0) is 14.6 Å². The average molecular weight is 332 g/mol. The summed E-state index contributed by atoms with van der Waals surface area (Å²) in [6.45, 7) is 3.83. The molecule has 0 saturated carbocycles. The van der Waals surface area contributed by atoms with E-state index in [1.54, 1.807) is 36.4 Å². The summed E-state index contributed by atoms with van der Waals surface area (Å²) in [7, 11) is -3.33. The van der Waals surface area contributed by atoms with E-state index < -0.39 is 15.8 Å². The number of hydrogen-bond donors (Lipinski definition) is 0. The third kappa shape index (κ3) is 4.66. The van der Waals surface area contributed by atoms with Crippen molar-refractivity contribution in [3.05, 3.63) is 65.2 Å². The number of sulfone groups is 1. The van der Waals surface area contributed by atoms with Crippen molar-refractivity contribution in [3.8, 4) is 0 Å². The van der Waals surface area contributed by atoms with Crippen LogP contribution in [-0.4, -0.2) is 26.7 Å². The molecule has 4 nitrogen and oxygen atoms in total. The summed E-state index contributed by atoms with van der Waals surface area (Å²) in [5, 5.41) is 0. The lowest BCUT2D eigenvalue weighted by Gasteiger charge is -2.08. The van der Waals surface area contributed by atoms with Gasteiger partial charge in [0.25, 0.3) is 0 Å². The fourth-order valence-electron chi connectivity index (χ4n) is 2.19. The Labute approximate surface area is 137 Å². The largest absolute Gasteiger partial charge is 0.462 e. The van der Waals surface area contributed by atoms with Crippen LogP contribution in [0.4, 0.5) is 0 Å². The van der Waals surface area contributed by atoms with Crippen LogP contribution < -0.4 is 0 Å². The molecule has 0 aromatic heterocycles. The lowest BCUT2D eigenvalue weighted by molar-refractivity contribution is 0.0504. The number of esters is 1. The predicted molar refractivity (Wildman–Crippen MR) is 89.3 cm³/mol. The second-order valence-corrected chi connectivity index (χ2v) is 7.55. The molecule has 5 heteroatoms. The first-order valence-corrected chi connectivity index (χ1v) is 9.07. The van der Waals surface area contributed by atoms with Gasteiger partial charge in [-0.15, -0.1) is 0 Å². The van der Waals surface area contributed by atoms with Crippen LogP contribution in [0.1, 0.15) is 27.9 Å². The summed E-state index contributed by atoms with van der Waals surface area (Å²) in [4.78, 5) is 12.3. The number of aryl methyl sites for hydroxylation is 2. The fourth-order valence-corrected chi connectivity index (χ4v) is 3.50. The molecule has 122 valence electrons. The Balaban J connectivity index is 1.88. The molecule has 2 rings (SSSR count). The van der Waals surface area contributed by atoms with Gasteiger partial charge in [-0.3, -0.25) is 0 Å². The molecule has 0 radical (unpaired) electrons. The van der Waals surface area contributed by atoms with Crippen molar-refractivity contribution >= 4 is 15.8 Å². The lowest BCUT2D eigenvalue weighted by atomic mass is 10.1. The Morgan fingerprint density at radius 1 is 1.04 bits per heavy atom. The molecule has 0 saturated heterocycles. The molecular weight excluding hydrogens is 312 g/mol. The zero-order valence-electron chi connectivity index (χ0n) is 13.3. The average Bonchev–Trinajstić information content (AvgIpc) is 2.54. The van der Waals surface area contributed by atoms with Gasteiger partial charge >= 0.3 is 5.97 Å². The number of rotatable bonds is 6. The van der Waals surface area contributed by atoms with Gasteiger partial charge in [0.05, 0.1) is 22.8 Å². The monoisotopic (exact) mass is 332 g/mol. The first-order chi connectivity index (χ1) is 10.9. The first kappa shape index (κ1) is 17.2. The van der Waals surface area contributed by atoms with E-state index in [4.69, 9.17) is 4.74 Å². The molecule has 0 aliphatic carbocycles. The van der Waals surface area contributed by atoms with Crippen molar-refractivity contribution < 1.29 is 17.9 Å². The summed E-state index contributed by atoms with van der Waals surface area (Å²) >= 11 is 0. The molecule has 0 spiro atoms. The van der Waals surface area contributed by atoms with Crippen molar-refractivity contribution in [1.82, 2.24) is 0 Å². The minimum absolute atomic E-state index is 0.0446. The summed E-state index contributed by atoms with van der Waals surface area (Å²) in [6, 6.07) is 13.9. The quantitative estimate of drug-likeness (QED) is 0.601. The normalized spacial score (nSPS) is 11.2. The second-order valence-electron chi connectivity index (χ2n) is 5.44. The molecule has 0 aliphatic rings. The van der Waals surface area contributed by atoms with E-state index in [1.165, 1.54) is 0 Å². The van der Waals surface area contributed by atoms with E-state index in [-0.39, 0.29) is 18.8 Å². The topological polar surface area (TPSA) is 60.4 Å². The standard InChI is InChI=1S/C18H20O4S/c1-14-9-10-15(2)17(13-14)18(19)22-11-6-12-23(20,21)16-7-4-3-5-8-16/h3-5,7-10,13H,6,11-12H2,1-2H3. The number of hydrogen-bond acceptors (Lipinski definition) is 4. The molecule has 0 unspecified atom stereocenters. The molecule has 0 amide bonds. The van der Waals surface area contributed by atoms with Crippen LogP contribution in [0, 0.1) is 13.8 Å². The van der Waals surface area contributed by atoms with Crippen molar-refractivity contribution in [2.24, 2.45) is 0 Å². The summed E-state index contributed by atoms with van der Waals surface area (Å²) in [5.74, 6) is -0.458. The SMILES string of the molecule is Cc1ccc(C)c(C(=O)OCCCS(=O)(=O)c2ccccc2)c1. The second kappa shape index (κ2) is 7.42. The molecule has 2 aromatic rings. The van der Waals surface area contributed by atoms with E-state index in [0.717, 1.165) is 11.1 Å². The van der Waals surface area contributed by atoms with Gasteiger partial charge < -0.3 is 4.74 Å². The van der Waals surface area contributed by atoms with Gasteiger partial charge in [0.15, 0.2) is 9.84 Å². The number of ether oxygens (including phenoxy) is 1. The molecule has 23 heavy (non-hydrogen) atoms. The van der Waals surface area contributed by atoms with Gasteiger partial charge in [-0.05, 0) is 44.0 Å². The molecule has 2 aromatic carbocycles. The van der Waals surface area contributed by atoms with Gasteiger partial charge in [0.2, 0.25) is 0 Å². The van der Waals surface area contributed by atoms with Gasteiger partial charge in [0, 0.05) is 0 Å². The maximum Gasteiger partial charge on any atom is 0.338 e. The smallest absolute Gasteiger partial charge is 0.338 e. The highest BCUT2D eigenvalue weighted by Crippen LogP contribution is 2.13. The van der Waals surface area contributed by atoms with Gasteiger partial charge in [0.1, 0.15) is 0 Å². The third-order valence-corrected chi connectivity index (χ3v) is 5.32. The minimum atomic E-state index is -3.33. The Morgan fingerprint density at radius 3 is 2.43 bits per heavy atom. The van der Waals surface area contributed by atoms with E-state index in [2.05, 4.69) is 0 Å². The van der Waals surface area contributed by atoms with Crippen LogP contribution in [0.25, 0.3) is 0 Å². The van der Waals surface area contributed by atoms with E-state index >= 15 is 0 Å².